The van der Waals surface area contributed by atoms with Crippen LogP contribution >= 0.6 is 11.3 Å². The second kappa shape index (κ2) is 5.68. The summed E-state index contributed by atoms with van der Waals surface area (Å²) in [7, 11) is -3.68. The maximum Gasteiger partial charge on any atom is 0.267 e. The molecule has 0 bridgehead atoms. The zero-order valence-corrected chi connectivity index (χ0v) is 12.1. The van der Waals surface area contributed by atoms with E-state index in [4.69, 9.17) is 4.42 Å². The molecule has 19 heavy (non-hydrogen) atoms. The maximum absolute atomic E-state index is 12.2. The molecule has 0 saturated carbocycles. The van der Waals surface area contributed by atoms with Gasteiger partial charge < -0.3 is 9.73 Å². The first kappa shape index (κ1) is 14.0. The Morgan fingerprint density at radius 2 is 2.26 bits per heavy atom. The lowest BCUT2D eigenvalue weighted by Gasteiger charge is -2.01. The summed E-state index contributed by atoms with van der Waals surface area (Å²) in [6, 6.07) is 1.52. The summed E-state index contributed by atoms with van der Waals surface area (Å²) in [5, 5.41) is 10.5. The van der Waals surface area contributed by atoms with Crippen LogP contribution in [0.2, 0.25) is 0 Å². The van der Waals surface area contributed by atoms with Crippen molar-refractivity contribution >= 4 is 26.5 Å². The number of nitrogens with one attached hydrogen (secondary N) is 2. The topological polar surface area (TPSA) is 97.1 Å². The molecular weight excluding hydrogens is 288 g/mol. The molecule has 0 spiro atoms. The number of nitrogens with zero attached hydrogens (tertiary/aromatic N) is 2. The van der Waals surface area contributed by atoms with Crippen molar-refractivity contribution in [2.45, 2.75) is 25.3 Å². The molecule has 2 heterocycles. The van der Waals surface area contributed by atoms with E-state index in [1.54, 1.807) is 6.92 Å². The average molecular weight is 302 g/mol. The second-order valence-electron chi connectivity index (χ2n) is 3.76. The summed E-state index contributed by atoms with van der Waals surface area (Å²) in [6.45, 7) is 4.85. The van der Waals surface area contributed by atoms with E-state index in [1.807, 2.05) is 6.92 Å². The van der Waals surface area contributed by atoms with Crippen LogP contribution in [0.15, 0.2) is 20.9 Å². The van der Waals surface area contributed by atoms with E-state index >= 15 is 0 Å². The van der Waals surface area contributed by atoms with Gasteiger partial charge in [0.05, 0.1) is 6.54 Å². The number of aromatic nitrogens is 2. The number of rotatable bonds is 6. The normalized spacial score (nSPS) is 11.7. The molecule has 2 rings (SSSR count). The average Bonchev–Trinajstić information content (AvgIpc) is 2.95. The van der Waals surface area contributed by atoms with Gasteiger partial charge >= 0.3 is 0 Å². The summed E-state index contributed by atoms with van der Waals surface area (Å²) in [4.78, 5) is 0.121. The fourth-order valence-corrected chi connectivity index (χ4v) is 3.41. The van der Waals surface area contributed by atoms with Crippen LogP contribution < -0.4 is 10.0 Å². The summed E-state index contributed by atoms with van der Waals surface area (Å²) in [5.74, 6) is 0.932. The molecule has 0 radical (unpaired) electrons. The van der Waals surface area contributed by atoms with Crippen molar-refractivity contribution < 1.29 is 12.8 Å². The van der Waals surface area contributed by atoms with Crippen LogP contribution in [0.1, 0.15) is 18.4 Å². The first-order valence-electron chi connectivity index (χ1n) is 5.62. The Morgan fingerprint density at radius 3 is 2.89 bits per heavy atom. The first-order valence-corrected chi connectivity index (χ1v) is 7.98. The van der Waals surface area contributed by atoms with Gasteiger partial charge in [0.2, 0.25) is 5.13 Å². The van der Waals surface area contributed by atoms with Crippen molar-refractivity contribution in [3.63, 3.8) is 0 Å². The number of furan rings is 1. The molecule has 104 valence electrons. The highest BCUT2D eigenvalue weighted by atomic mass is 32.2. The van der Waals surface area contributed by atoms with Gasteiger partial charge in [-0.25, -0.2) is 8.42 Å². The molecule has 0 unspecified atom stereocenters. The predicted octanol–water partition coefficient (Wildman–Crippen LogP) is 1.35. The highest BCUT2D eigenvalue weighted by Crippen LogP contribution is 2.23. The van der Waals surface area contributed by atoms with Gasteiger partial charge in [-0.1, -0.05) is 18.3 Å². The van der Waals surface area contributed by atoms with Gasteiger partial charge in [0, 0.05) is 6.07 Å². The lowest BCUT2D eigenvalue weighted by molar-refractivity contribution is 0.460. The standard InChI is InChI=1S/C10H14N4O3S2/c1-3-11-5-8-4-9(7(2)17-8)19(15,16)14-10-13-12-6-18-10/h4,6,11H,3,5H2,1-2H3,(H,13,14). The highest BCUT2D eigenvalue weighted by Gasteiger charge is 2.22. The molecule has 0 aliphatic heterocycles. The lowest BCUT2D eigenvalue weighted by Crippen LogP contribution is -2.13. The van der Waals surface area contributed by atoms with Crippen molar-refractivity contribution in [3.8, 4) is 0 Å². The molecule has 0 fully saturated rings. The van der Waals surface area contributed by atoms with Crippen LogP contribution in [-0.2, 0) is 16.6 Å². The van der Waals surface area contributed by atoms with Crippen molar-refractivity contribution in [1.82, 2.24) is 15.5 Å². The quantitative estimate of drug-likeness (QED) is 0.836. The van der Waals surface area contributed by atoms with Gasteiger partial charge in [0.1, 0.15) is 21.9 Å². The monoisotopic (exact) mass is 302 g/mol. The minimum atomic E-state index is -3.68. The molecule has 2 aromatic rings. The van der Waals surface area contributed by atoms with Crippen molar-refractivity contribution in [2.24, 2.45) is 0 Å². The van der Waals surface area contributed by atoms with Crippen molar-refractivity contribution in [3.05, 3.63) is 23.1 Å². The van der Waals surface area contributed by atoms with Crippen LogP contribution in [0.4, 0.5) is 5.13 Å². The molecule has 0 aliphatic rings. The molecule has 2 N–H and O–H groups in total. The van der Waals surface area contributed by atoms with Gasteiger partial charge in [0.25, 0.3) is 10.0 Å². The first-order chi connectivity index (χ1) is 9.03. The molecule has 7 nitrogen and oxygen atoms in total. The van der Waals surface area contributed by atoms with Crippen LogP contribution in [0.25, 0.3) is 0 Å². The number of anilines is 1. The minimum absolute atomic E-state index is 0.121. The third-order valence-corrected chi connectivity index (χ3v) is 4.53. The van der Waals surface area contributed by atoms with Crippen LogP contribution in [0.5, 0.6) is 0 Å². The Morgan fingerprint density at radius 1 is 1.47 bits per heavy atom. The molecule has 2 aromatic heterocycles. The summed E-state index contributed by atoms with van der Waals surface area (Å²) in [5.41, 5.74) is 1.46. The zero-order valence-electron chi connectivity index (χ0n) is 10.5. The van der Waals surface area contributed by atoms with Crippen LogP contribution in [-0.4, -0.2) is 25.2 Å². The summed E-state index contributed by atoms with van der Waals surface area (Å²) in [6.07, 6.45) is 0. The predicted molar refractivity (Wildman–Crippen MR) is 71.5 cm³/mol. The maximum atomic E-state index is 12.2. The molecule has 0 aliphatic carbocycles. The Labute approximate surface area is 115 Å². The smallest absolute Gasteiger partial charge is 0.267 e. The van der Waals surface area contributed by atoms with E-state index < -0.39 is 10.0 Å². The molecule has 0 aromatic carbocycles. The molecule has 9 heteroatoms. The third-order valence-electron chi connectivity index (χ3n) is 2.34. The van der Waals surface area contributed by atoms with Gasteiger partial charge in [-0.15, -0.1) is 10.2 Å². The molecule has 0 amide bonds. The Kier molecular flexibility index (Phi) is 4.17. The van der Waals surface area contributed by atoms with Gasteiger partial charge in [-0.3, -0.25) is 4.72 Å². The van der Waals surface area contributed by atoms with Gasteiger partial charge in [0.15, 0.2) is 0 Å². The molecular formula is C10H14N4O3S2. The highest BCUT2D eigenvalue weighted by molar-refractivity contribution is 7.93. The van der Waals surface area contributed by atoms with Gasteiger partial charge in [-0.2, -0.15) is 0 Å². The molecule has 0 saturated heterocycles. The summed E-state index contributed by atoms with van der Waals surface area (Å²) < 4.78 is 32.1. The largest absolute Gasteiger partial charge is 0.464 e. The zero-order chi connectivity index (χ0) is 13.9. The van der Waals surface area contributed by atoms with Crippen LogP contribution in [0.3, 0.4) is 0 Å². The SMILES string of the molecule is CCNCc1cc(S(=O)(=O)Nc2nncs2)c(C)o1. The van der Waals surface area contributed by atoms with Crippen LogP contribution in [0, 0.1) is 6.92 Å². The van der Waals surface area contributed by atoms with Crippen molar-refractivity contribution in [2.75, 3.05) is 11.3 Å². The number of sulfonamides is 1. The number of aryl methyl sites for hydroxylation is 1. The van der Waals surface area contributed by atoms with E-state index in [0.29, 0.717) is 18.1 Å². The summed E-state index contributed by atoms with van der Waals surface area (Å²) >= 11 is 1.12. The van der Waals surface area contributed by atoms with E-state index in [9.17, 15) is 8.42 Å². The van der Waals surface area contributed by atoms with E-state index in [1.165, 1.54) is 11.6 Å². The fourth-order valence-electron chi connectivity index (χ4n) is 1.51. The fraction of sp³-hybridized carbons (Fsp3) is 0.400. The number of hydrogen-bond acceptors (Lipinski definition) is 7. The van der Waals surface area contributed by atoms with Crippen molar-refractivity contribution in [1.29, 1.82) is 0 Å². The lowest BCUT2D eigenvalue weighted by atomic mass is 10.4. The Hall–Kier alpha value is -1.45. The minimum Gasteiger partial charge on any atom is -0.464 e. The number of hydrogen-bond donors (Lipinski definition) is 2. The molecule has 0 atom stereocenters. The third kappa shape index (κ3) is 3.31. The Balaban J connectivity index is 2.22. The van der Waals surface area contributed by atoms with E-state index in [2.05, 4.69) is 20.2 Å². The second-order valence-corrected chi connectivity index (χ2v) is 6.25. The van der Waals surface area contributed by atoms with E-state index in [0.717, 1.165) is 17.9 Å². The van der Waals surface area contributed by atoms with Gasteiger partial charge in [-0.05, 0) is 13.5 Å². The van der Waals surface area contributed by atoms with E-state index in [-0.39, 0.29) is 10.0 Å². The Bertz CT molecular complexity index is 634.